The maximum atomic E-state index is 13.1. The third kappa shape index (κ3) is 69.0. The van der Waals surface area contributed by atoms with E-state index in [1.54, 1.807) is 0 Å². The van der Waals surface area contributed by atoms with Gasteiger partial charge in [-0.3, -0.25) is 37.3 Å². The van der Waals surface area contributed by atoms with Crippen LogP contribution in [0.3, 0.4) is 0 Å². The van der Waals surface area contributed by atoms with Crippen LogP contribution in [-0.2, 0) is 65.4 Å². The van der Waals surface area contributed by atoms with E-state index in [2.05, 4.69) is 41.5 Å². The minimum absolute atomic E-state index is 0.105. The monoisotopic (exact) mass is 1400 g/mol. The topological polar surface area (TPSA) is 237 Å². The molecule has 0 saturated carbocycles. The summed E-state index contributed by atoms with van der Waals surface area (Å²) in [5.74, 6) is -0.530. The Morgan fingerprint density at radius 3 is 0.800 bits per heavy atom. The van der Waals surface area contributed by atoms with Crippen LogP contribution in [0.2, 0.25) is 0 Å². The van der Waals surface area contributed by atoms with E-state index in [4.69, 9.17) is 37.0 Å². The molecule has 0 aromatic carbocycles. The van der Waals surface area contributed by atoms with Crippen molar-refractivity contribution in [3.63, 3.8) is 0 Å². The summed E-state index contributed by atoms with van der Waals surface area (Å²) in [7, 11) is -9.90. The standard InChI is InChI=1S/C76H148O17P2/c1-7-10-12-14-16-18-19-20-28-31-34-41-47-53-59-74(79)87-65-72(92-75(80)60-54-48-42-35-32-29-26-24-22-21-23-25-27-30-33-39-45-51-57-69(6)9-3)67-91-95(84,85)89-63-70(77)62-88-94(82,83)90-66-71(64-86-73(78)58-52-46-40-17-15-13-11-8-2)93-76(81)61-55-49-43-37-36-38-44-50-56-68(4)5/h68-72,77H,7-67H2,1-6H3,(H,82,83)(H,84,85)/t69?,70-,71+,72+/m0/s1. The molecule has 3 unspecified atom stereocenters. The van der Waals surface area contributed by atoms with E-state index in [0.29, 0.717) is 25.7 Å². The molecule has 19 heteroatoms. The number of rotatable bonds is 75. The molecule has 6 atom stereocenters. The van der Waals surface area contributed by atoms with Crippen molar-refractivity contribution in [2.24, 2.45) is 11.8 Å². The van der Waals surface area contributed by atoms with Crippen LogP contribution >= 0.6 is 15.6 Å². The molecule has 0 saturated heterocycles. The van der Waals surface area contributed by atoms with E-state index >= 15 is 0 Å². The number of phosphoric ester groups is 2. The van der Waals surface area contributed by atoms with Crippen LogP contribution in [0, 0.1) is 11.8 Å². The van der Waals surface area contributed by atoms with Gasteiger partial charge in [-0.05, 0) is 37.5 Å². The molecule has 0 aromatic rings. The molecular weight excluding hydrogens is 1250 g/mol. The maximum Gasteiger partial charge on any atom is 0.472 e. The van der Waals surface area contributed by atoms with Crippen LogP contribution in [0.5, 0.6) is 0 Å². The SMILES string of the molecule is CCCCCCCCCCCCCCCCC(=O)OC[C@H](COP(=O)(O)OC[C@@H](O)COP(=O)(O)OC[C@@H](COC(=O)CCCCCCCCCC)OC(=O)CCCCCCCCCCC(C)C)OC(=O)CCCCCCCCCCCCCCCCCCCCC(C)CC. The molecule has 0 heterocycles. The fourth-order valence-corrected chi connectivity index (χ4v) is 13.2. The van der Waals surface area contributed by atoms with Gasteiger partial charge in [0.15, 0.2) is 12.2 Å². The minimum atomic E-state index is -4.96. The van der Waals surface area contributed by atoms with E-state index in [9.17, 15) is 43.2 Å². The van der Waals surface area contributed by atoms with E-state index in [1.165, 1.54) is 205 Å². The van der Waals surface area contributed by atoms with Crippen molar-refractivity contribution in [3.8, 4) is 0 Å². The van der Waals surface area contributed by atoms with Gasteiger partial charge in [-0.1, -0.05) is 343 Å². The van der Waals surface area contributed by atoms with Crippen molar-refractivity contribution < 1.29 is 80.2 Å². The highest BCUT2D eigenvalue weighted by Gasteiger charge is 2.30. The van der Waals surface area contributed by atoms with Gasteiger partial charge in [0.2, 0.25) is 0 Å². The summed E-state index contributed by atoms with van der Waals surface area (Å²) in [6.07, 6.45) is 55.6. The Bertz CT molecular complexity index is 1840. The highest BCUT2D eigenvalue weighted by molar-refractivity contribution is 7.47. The molecule has 0 radical (unpaired) electrons. The van der Waals surface area contributed by atoms with Crippen molar-refractivity contribution in [1.29, 1.82) is 0 Å². The lowest BCUT2D eigenvalue weighted by Crippen LogP contribution is -2.30. The molecule has 0 bridgehead atoms. The molecule has 0 aliphatic rings. The lowest BCUT2D eigenvalue weighted by Gasteiger charge is -2.21. The zero-order valence-corrected chi connectivity index (χ0v) is 63.8. The first-order valence-electron chi connectivity index (χ1n) is 39.5. The first kappa shape index (κ1) is 93.1. The molecule has 17 nitrogen and oxygen atoms in total. The van der Waals surface area contributed by atoms with Gasteiger partial charge >= 0.3 is 39.5 Å². The van der Waals surface area contributed by atoms with Gasteiger partial charge in [-0.25, -0.2) is 9.13 Å². The first-order valence-corrected chi connectivity index (χ1v) is 42.5. The number of aliphatic hydroxyl groups is 1. The molecule has 0 fully saturated rings. The Labute approximate surface area is 581 Å². The quantitative estimate of drug-likeness (QED) is 0.0222. The predicted molar refractivity (Wildman–Crippen MR) is 386 cm³/mol. The number of esters is 4. The van der Waals surface area contributed by atoms with Gasteiger partial charge in [0.1, 0.15) is 19.3 Å². The summed E-state index contributed by atoms with van der Waals surface area (Å²) in [4.78, 5) is 72.7. The molecule has 0 amide bonds. The summed E-state index contributed by atoms with van der Waals surface area (Å²) < 4.78 is 68.4. The molecule has 0 aliphatic heterocycles. The zero-order chi connectivity index (χ0) is 70.0. The molecule has 0 aliphatic carbocycles. The van der Waals surface area contributed by atoms with Gasteiger partial charge in [-0.15, -0.1) is 0 Å². The Balaban J connectivity index is 5.16. The second-order valence-electron chi connectivity index (χ2n) is 28.1. The Kier molecular flexibility index (Phi) is 66.5. The first-order chi connectivity index (χ1) is 45.9. The van der Waals surface area contributed by atoms with Crippen LogP contribution in [0.4, 0.5) is 0 Å². The zero-order valence-electron chi connectivity index (χ0n) is 62.0. The molecule has 3 N–H and O–H groups in total. The number of carbonyl (C=O) groups is 4. The van der Waals surface area contributed by atoms with Crippen molar-refractivity contribution in [2.45, 2.75) is 413 Å². The average Bonchev–Trinajstić information content (AvgIpc) is 1.25. The van der Waals surface area contributed by atoms with E-state index in [0.717, 1.165) is 108 Å². The Hall–Kier alpha value is -1.94. The van der Waals surface area contributed by atoms with Gasteiger partial charge < -0.3 is 33.8 Å². The normalized spacial score (nSPS) is 14.3. The summed E-state index contributed by atoms with van der Waals surface area (Å²) in [6.45, 7) is 9.59. The van der Waals surface area contributed by atoms with Crippen molar-refractivity contribution >= 4 is 39.5 Å². The summed E-state index contributed by atoms with van der Waals surface area (Å²) in [6, 6.07) is 0. The molecule has 0 spiro atoms. The van der Waals surface area contributed by atoms with E-state index in [-0.39, 0.29) is 25.7 Å². The van der Waals surface area contributed by atoms with Gasteiger partial charge in [0.25, 0.3) is 0 Å². The maximum absolute atomic E-state index is 13.1. The van der Waals surface area contributed by atoms with Crippen molar-refractivity contribution in [1.82, 2.24) is 0 Å². The van der Waals surface area contributed by atoms with E-state index in [1.807, 2.05) is 0 Å². The van der Waals surface area contributed by atoms with Crippen LogP contribution in [0.1, 0.15) is 395 Å². The lowest BCUT2D eigenvalue weighted by molar-refractivity contribution is -0.161. The third-order valence-corrected chi connectivity index (χ3v) is 20.0. The summed E-state index contributed by atoms with van der Waals surface area (Å²) in [5.41, 5.74) is 0. The number of ether oxygens (including phenoxy) is 4. The fraction of sp³-hybridized carbons (Fsp3) is 0.947. The predicted octanol–water partition coefficient (Wildman–Crippen LogP) is 22.3. The van der Waals surface area contributed by atoms with Gasteiger partial charge in [-0.2, -0.15) is 0 Å². The molecule has 0 rings (SSSR count). The number of carbonyl (C=O) groups excluding carboxylic acids is 4. The second-order valence-corrected chi connectivity index (χ2v) is 31.0. The third-order valence-electron chi connectivity index (χ3n) is 18.1. The largest absolute Gasteiger partial charge is 0.472 e. The highest BCUT2D eigenvalue weighted by atomic mass is 31.2. The average molecular weight is 1400 g/mol. The van der Waals surface area contributed by atoms with Crippen molar-refractivity contribution in [3.05, 3.63) is 0 Å². The number of hydrogen-bond acceptors (Lipinski definition) is 15. The van der Waals surface area contributed by atoms with Gasteiger partial charge in [0.05, 0.1) is 26.4 Å². The van der Waals surface area contributed by atoms with Crippen molar-refractivity contribution in [2.75, 3.05) is 39.6 Å². The van der Waals surface area contributed by atoms with Gasteiger partial charge in [0, 0.05) is 25.7 Å². The number of aliphatic hydroxyl groups excluding tert-OH is 1. The summed E-state index contributed by atoms with van der Waals surface area (Å²) in [5, 5.41) is 10.6. The molecule has 0 aromatic heterocycles. The smallest absolute Gasteiger partial charge is 0.462 e. The van der Waals surface area contributed by atoms with Crippen LogP contribution in [0.15, 0.2) is 0 Å². The number of hydrogen-bond donors (Lipinski definition) is 3. The van der Waals surface area contributed by atoms with Crippen LogP contribution < -0.4 is 0 Å². The molecular formula is C76H148O17P2. The van der Waals surface area contributed by atoms with Crippen LogP contribution in [0.25, 0.3) is 0 Å². The minimum Gasteiger partial charge on any atom is -0.462 e. The van der Waals surface area contributed by atoms with E-state index < -0.39 is 97.5 Å². The number of phosphoric acid groups is 2. The molecule has 95 heavy (non-hydrogen) atoms. The Morgan fingerprint density at radius 1 is 0.305 bits per heavy atom. The number of unbranched alkanes of at least 4 members (excludes halogenated alkanes) is 44. The fourth-order valence-electron chi connectivity index (χ4n) is 11.6. The summed E-state index contributed by atoms with van der Waals surface area (Å²) >= 11 is 0. The highest BCUT2D eigenvalue weighted by Crippen LogP contribution is 2.45. The lowest BCUT2D eigenvalue weighted by atomic mass is 9.99. The van der Waals surface area contributed by atoms with Crippen LogP contribution in [-0.4, -0.2) is 96.7 Å². The molecule has 564 valence electrons. The Morgan fingerprint density at radius 2 is 0.537 bits per heavy atom. The second kappa shape index (κ2) is 67.9.